The van der Waals surface area contributed by atoms with E-state index < -0.39 is 6.61 Å². The zero-order chi connectivity index (χ0) is 25.4. The molecule has 5 nitrogen and oxygen atoms in total. The van der Waals surface area contributed by atoms with Crippen molar-refractivity contribution in [3.8, 4) is 5.75 Å². The van der Waals surface area contributed by atoms with Crippen molar-refractivity contribution in [2.24, 2.45) is 5.92 Å². The maximum absolute atomic E-state index is 13.9. The third-order valence-corrected chi connectivity index (χ3v) is 6.98. The quantitative estimate of drug-likeness (QED) is 0.291. The zero-order valence-electron chi connectivity index (χ0n) is 20.0. The van der Waals surface area contributed by atoms with Crippen molar-refractivity contribution >= 4 is 22.3 Å². The smallest absolute Gasteiger partial charge is 0.387 e. The Balaban J connectivity index is 1.55. The summed E-state index contributed by atoms with van der Waals surface area (Å²) < 4.78 is 44.7. The maximum atomic E-state index is 13.9. The van der Waals surface area contributed by atoms with Crippen molar-refractivity contribution in [3.05, 3.63) is 94.3 Å². The first-order valence-electron chi connectivity index (χ1n) is 11.9. The minimum atomic E-state index is -2.88. The number of ether oxygens (including phenoxy) is 1. The number of nitrogens with zero attached hydrogens (tertiary/aromatic N) is 3. The number of benzene rings is 3. The summed E-state index contributed by atoms with van der Waals surface area (Å²) in [6.45, 7) is -1.05. The van der Waals surface area contributed by atoms with Crippen LogP contribution in [0.2, 0.25) is 0 Å². The molecule has 0 saturated heterocycles. The fraction of sp³-hybridized carbons (Fsp3) is 0.286. The van der Waals surface area contributed by atoms with Crippen LogP contribution in [0.4, 0.5) is 24.5 Å². The van der Waals surface area contributed by atoms with Gasteiger partial charge in [0.15, 0.2) is 0 Å². The molecule has 1 aliphatic carbocycles. The summed E-state index contributed by atoms with van der Waals surface area (Å²) in [6.07, 6.45) is 3.10. The van der Waals surface area contributed by atoms with Gasteiger partial charge in [0, 0.05) is 18.4 Å². The van der Waals surface area contributed by atoms with Crippen LogP contribution in [0.3, 0.4) is 0 Å². The van der Waals surface area contributed by atoms with E-state index in [1.807, 2.05) is 31.0 Å². The largest absolute Gasteiger partial charge is 0.435 e. The first-order chi connectivity index (χ1) is 17.3. The van der Waals surface area contributed by atoms with Crippen molar-refractivity contribution in [1.29, 1.82) is 0 Å². The molecule has 1 aromatic heterocycles. The highest BCUT2D eigenvalue weighted by Crippen LogP contribution is 2.40. The van der Waals surface area contributed by atoms with Crippen LogP contribution in [-0.2, 0) is 0 Å². The zero-order valence-corrected chi connectivity index (χ0v) is 20.0. The second-order valence-electron chi connectivity index (χ2n) is 9.15. The molecule has 1 fully saturated rings. The highest BCUT2D eigenvalue weighted by Gasteiger charge is 2.32. The topological polar surface area (TPSA) is 47.4 Å². The fourth-order valence-electron chi connectivity index (χ4n) is 4.88. The lowest BCUT2D eigenvalue weighted by atomic mass is 9.77. The third kappa shape index (κ3) is 4.55. The standard InChI is InChI=1S/C28H26F3N3O2/c1-17-32-25-15-12-22(33(2)21-10-13-23(14-11-21)36-28(30)31)16-24(25)27(35)34(17)26(18-4-3-5-18)19-6-8-20(29)9-7-19/h6-16,18,26,28H,3-5H2,1-2H3. The molecule has 186 valence electrons. The van der Waals surface area contributed by atoms with Gasteiger partial charge in [0.1, 0.15) is 17.4 Å². The van der Waals surface area contributed by atoms with E-state index in [2.05, 4.69) is 4.74 Å². The van der Waals surface area contributed by atoms with Gasteiger partial charge in [-0.05, 0) is 85.8 Å². The van der Waals surface area contributed by atoms with Gasteiger partial charge < -0.3 is 9.64 Å². The normalized spacial score (nSPS) is 14.6. The number of anilines is 2. The van der Waals surface area contributed by atoms with Gasteiger partial charge in [0.2, 0.25) is 0 Å². The molecule has 3 aromatic carbocycles. The van der Waals surface area contributed by atoms with Crippen molar-refractivity contribution in [2.45, 2.75) is 38.8 Å². The maximum Gasteiger partial charge on any atom is 0.387 e. The van der Waals surface area contributed by atoms with E-state index in [0.29, 0.717) is 16.7 Å². The molecule has 0 bridgehead atoms. The van der Waals surface area contributed by atoms with Crippen LogP contribution in [0.5, 0.6) is 5.75 Å². The number of aromatic nitrogens is 2. The van der Waals surface area contributed by atoms with Crippen LogP contribution in [0, 0.1) is 18.7 Å². The molecule has 1 aliphatic rings. The number of aryl methyl sites for hydroxylation is 1. The van der Waals surface area contributed by atoms with E-state index in [9.17, 15) is 18.0 Å². The number of hydrogen-bond donors (Lipinski definition) is 0. The Labute approximate surface area is 206 Å². The summed E-state index contributed by atoms with van der Waals surface area (Å²) in [4.78, 5) is 20.5. The van der Waals surface area contributed by atoms with Gasteiger partial charge in [-0.25, -0.2) is 9.37 Å². The minimum Gasteiger partial charge on any atom is -0.435 e. The Morgan fingerprint density at radius 1 is 1.00 bits per heavy atom. The highest BCUT2D eigenvalue weighted by atomic mass is 19.3. The minimum absolute atomic E-state index is 0.0750. The molecule has 0 radical (unpaired) electrons. The molecule has 36 heavy (non-hydrogen) atoms. The van der Waals surface area contributed by atoms with Crippen LogP contribution in [-0.4, -0.2) is 23.2 Å². The van der Waals surface area contributed by atoms with Crippen LogP contribution in [0.15, 0.2) is 71.5 Å². The van der Waals surface area contributed by atoms with Gasteiger partial charge in [-0.2, -0.15) is 8.78 Å². The lowest BCUT2D eigenvalue weighted by Gasteiger charge is -2.36. The van der Waals surface area contributed by atoms with Gasteiger partial charge in [0.25, 0.3) is 5.56 Å². The molecule has 1 atom stereocenters. The van der Waals surface area contributed by atoms with Crippen molar-refractivity contribution in [2.75, 3.05) is 11.9 Å². The van der Waals surface area contributed by atoms with E-state index in [1.165, 1.54) is 24.3 Å². The van der Waals surface area contributed by atoms with Gasteiger partial charge in [-0.3, -0.25) is 9.36 Å². The molecule has 1 heterocycles. The molecule has 0 amide bonds. The number of rotatable bonds is 7. The number of hydrogen-bond acceptors (Lipinski definition) is 4. The average Bonchev–Trinajstić information content (AvgIpc) is 2.82. The van der Waals surface area contributed by atoms with Crippen molar-refractivity contribution < 1.29 is 17.9 Å². The Morgan fingerprint density at radius 3 is 2.28 bits per heavy atom. The molecule has 1 saturated carbocycles. The Hall–Kier alpha value is -3.81. The summed E-state index contributed by atoms with van der Waals surface area (Å²) in [5.41, 5.74) is 2.84. The molecule has 4 aromatic rings. The Morgan fingerprint density at radius 2 is 1.67 bits per heavy atom. The van der Waals surface area contributed by atoms with Crippen LogP contribution < -0.4 is 15.2 Å². The first kappa shape index (κ1) is 23.9. The van der Waals surface area contributed by atoms with Gasteiger partial charge in [-0.15, -0.1) is 0 Å². The van der Waals surface area contributed by atoms with Crippen LogP contribution in [0.1, 0.15) is 36.7 Å². The highest BCUT2D eigenvalue weighted by molar-refractivity contribution is 5.83. The summed E-state index contributed by atoms with van der Waals surface area (Å²) >= 11 is 0. The lowest BCUT2D eigenvalue weighted by Crippen LogP contribution is -2.35. The van der Waals surface area contributed by atoms with Gasteiger partial charge in [0.05, 0.1) is 16.9 Å². The average molecular weight is 494 g/mol. The number of alkyl halides is 2. The number of halogens is 3. The van der Waals surface area contributed by atoms with Gasteiger partial charge in [-0.1, -0.05) is 18.6 Å². The third-order valence-electron chi connectivity index (χ3n) is 6.98. The Bertz CT molecular complexity index is 1430. The molecule has 0 aliphatic heterocycles. The summed E-state index contributed by atoms with van der Waals surface area (Å²) in [6, 6.07) is 17.9. The number of fused-ring (bicyclic) bond motifs is 1. The van der Waals surface area contributed by atoms with Crippen LogP contribution >= 0.6 is 0 Å². The van der Waals surface area contributed by atoms with E-state index in [1.54, 1.807) is 34.9 Å². The van der Waals surface area contributed by atoms with E-state index >= 15 is 0 Å². The van der Waals surface area contributed by atoms with E-state index in [4.69, 9.17) is 4.98 Å². The summed E-state index contributed by atoms with van der Waals surface area (Å²) in [7, 11) is 1.83. The fourth-order valence-corrected chi connectivity index (χ4v) is 4.88. The summed E-state index contributed by atoms with van der Waals surface area (Å²) in [5.74, 6) is 0.662. The predicted octanol–water partition coefficient (Wildman–Crippen LogP) is 6.60. The van der Waals surface area contributed by atoms with E-state index in [0.717, 1.165) is 36.2 Å². The first-order valence-corrected chi connectivity index (χ1v) is 11.9. The Kier molecular flexibility index (Phi) is 6.43. The predicted molar refractivity (Wildman–Crippen MR) is 134 cm³/mol. The molecule has 5 rings (SSSR count). The SMILES string of the molecule is Cc1nc2ccc(N(C)c3ccc(OC(F)F)cc3)cc2c(=O)n1C(c1ccc(F)cc1)C1CCC1. The van der Waals surface area contributed by atoms with E-state index in [-0.39, 0.29) is 29.1 Å². The molecular formula is C28H26F3N3O2. The molecule has 1 unspecified atom stereocenters. The van der Waals surface area contributed by atoms with Crippen LogP contribution in [0.25, 0.3) is 10.9 Å². The lowest BCUT2D eigenvalue weighted by molar-refractivity contribution is -0.0498. The molecule has 0 N–H and O–H groups in total. The summed E-state index contributed by atoms with van der Waals surface area (Å²) in [5, 5.41) is 0.481. The second kappa shape index (κ2) is 9.68. The molecule has 8 heteroatoms. The van der Waals surface area contributed by atoms with Gasteiger partial charge >= 0.3 is 6.61 Å². The second-order valence-corrected chi connectivity index (χ2v) is 9.15. The molecule has 0 spiro atoms. The monoisotopic (exact) mass is 493 g/mol. The van der Waals surface area contributed by atoms with Crippen molar-refractivity contribution in [3.63, 3.8) is 0 Å². The molecular weight excluding hydrogens is 467 g/mol. The van der Waals surface area contributed by atoms with Crippen molar-refractivity contribution in [1.82, 2.24) is 9.55 Å².